The first-order chi connectivity index (χ1) is 15.2. The van der Waals surface area contributed by atoms with Crippen LogP contribution in [-0.4, -0.2) is 74.7 Å². The van der Waals surface area contributed by atoms with Crippen molar-refractivity contribution in [3.63, 3.8) is 0 Å². The number of hydrogen-bond acceptors (Lipinski definition) is 5. The third-order valence-electron chi connectivity index (χ3n) is 6.37. The minimum absolute atomic E-state index is 0.0538. The van der Waals surface area contributed by atoms with Gasteiger partial charge < -0.3 is 15.0 Å². The van der Waals surface area contributed by atoms with Crippen molar-refractivity contribution < 1.29 is 9.53 Å². The summed E-state index contributed by atoms with van der Waals surface area (Å²) in [7, 11) is 1.77. The van der Waals surface area contributed by atoms with Crippen LogP contribution in [0.1, 0.15) is 18.4 Å². The van der Waals surface area contributed by atoms with Gasteiger partial charge in [0, 0.05) is 64.3 Å². The summed E-state index contributed by atoms with van der Waals surface area (Å²) in [4.78, 5) is 19.5. The van der Waals surface area contributed by atoms with Gasteiger partial charge in [0.15, 0.2) is 0 Å². The number of nitrogens with one attached hydrogen (secondary N) is 1. The highest BCUT2D eigenvalue weighted by Gasteiger charge is 2.21. The quantitative estimate of drug-likeness (QED) is 0.743. The van der Waals surface area contributed by atoms with Crippen molar-refractivity contribution in [3.8, 4) is 0 Å². The number of hydrogen-bond donors (Lipinski definition) is 1. The molecule has 6 nitrogen and oxygen atoms in total. The second kappa shape index (κ2) is 10.8. The van der Waals surface area contributed by atoms with Crippen LogP contribution in [0.5, 0.6) is 0 Å². The Kier molecular flexibility index (Phi) is 7.57. The van der Waals surface area contributed by atoms with E-state index in [1.165, 1.54) is 11.3 Å². The lowest BCUT2D eigenvalue weighted by atomic mass is 10.1. The number of benzene rings is 2. The van der Waals surface area contributed by atoms with Gasteiger partial charge in [-0.05, 0) is 42.7 Å². The number of amides is 1. The molecule has 0 saturated carbocycles. The molecule has 2 heterocycles. The lowest BCUT2D eigenvalue weighted by molar-refractivity contribution is -0.117. The van der Waals surface area contributed by atoms with E-state index in [9.17, 15) is 4.79 Å². The Morgan fingerprint density at radius 1 is 0.903 bits per heavy atom. The number of carbonyl (C=O) groups is 1. The molecule has 31 heavy (non-hydrogen) atoms. The molecule has 2 aromatic carbocycles. The molecule has 2 saturated heterocycles. The van der Waals surface area contributed by atoms with E-state index >= 15 is 0 Å². The molecule has 1 N–H and O–H groups in total. The van der Waals surface area contributed by atoms with Gasteiger partial charge in [-0.15, -0.1) is 0 Å². The van der Waals surface area contributed by atoms with Crippen LogP contribution in [0.4, 0.5) is 11.4 Å². The fraction of sp³-hybridized carbons (Fsp3) is 0.480. The molecule has 2 aliphatic heterocycles. The van der Waals surface area contributed by atoms with Gasteiger partial charge in [0.1, 0.15) is 0 Å². The fourth-order valence-electron chi connectivity index (χ4n) is 4.47. The van der Waals surface area contributed by atoms with Crippen molar-refractivity contribution in [1.29, 1.82) is 0 Å². The summed E-state index contributed by atoms with van der Waals surface area (Å²) < 4.78 is 5.40. The third kappa shape index (κ3) is 6.29. The Bertz CT molecular complexity index is 811. The summed E-state index contributed by atoms with van der Waals surface area (Å²) >= 11 is 0. The van der Waals surface area contributed by atoms with E-state index < -0.39 is 0 Å². The Labute approximate surface area is 185 Å². The first-order valence-electron chi connectivity index (χ1n) is 11.4. The standard InChI is InChI=1S/C25H34N4O2/c1-31-24-11-13-27(14-12-24)20-25(30)26-22-7-9-23(10-8-22)29-17-15-28(16-18-29)19-21-5-3-2-4-6-21/h2-10,24H,11-20H2,1H3,(H,26,30). The van der Waals surface area contributed by atoms with Crippen LogP contribution in [0.25, 0.3) is 0 Å². The molecular weight excluding hydrogens is 388 g/mol. The first-order valence-corrected chi connectivity index (χ1v) is 11.4. The molecule has 166 valence electrons. The van der Waals surface area contributed by atoms with E-state index in [2.05, 4.69) is 62.5 Å². The number of nitrogens with zero attached hydrogens (tertiary/aromatic N) is 3. The highest BCUT2D eigenvalue weighted by atomic mass is 16.5. The van der Waals surface area contributed by atoms with E-state index in [1.54, 1.807) is 7.11 Å². The van der Waals surface area contributed by atoms with Crippen LogP contribution in [0.15, 0.2) is 54.6 Å². The largest absolute Gasteiger partial charge is 0.381 e. The van der Waals surface area contributed by atoms with Crippen molar-refractivity contribution in [2.24, 2.45) is 0 Å². The molecule has 2 fully saturated rings. The van der Waals surface area contributed by atoms with E-state index in [0.717, 1.165) is 64.3 Å². The van der Waals surface area contributed by atoms with Crippen molar-refractivity contribution in [1.82, 2.24) is 9.80 Å². The molecule has 0 radical (unpaired) electrons. The van der Waals surface area contributed by atoms with Crippen LogP contribution in [-0.2, 0) is 16.1 Å². The molecule has 0 bridgehead atoms. The highest BCUT2D eigenvalue weighted by Crippen LogP contribution is 2.20. The summed E-state index contributed by atoms with van der Waals surface area (Å²) in [5.74, 6) is 0.0538. The van der Waals surface area contributed by atoms with E-state index in [4.69, 9.17) is 4.74 Å². The van der Waals surface area contributed by atoms with E-state index in [0.29, 0.717) is 12.6 Å². The van der Waals surface area contributed by atoms with Gasteiger partial charge >= 0.3 is 0 Å². The molecule has 1 amide bonds. The second-order valence-electron chi connectivity index (χ2n) is 8.56. The molecule has 0 atom stereocenters. The van der Waals surface area contributed by atoms with E-state index in [-0.39, 0.29) is 5.91 Å². The normalized spacial score (nSPS) is 18.8. The van der Waals surface area contributed by atoms with E-state index in [1.807, 2.05) is 12.1 Å². The summed E-state index contributed by atoms with van der Waals surface area (Å²) in [6.07, 6.45) is 2.33. The van der Waals surface area contributed by atoms with Crippen molar-refractivity contribution in [2.45, 2.75) is 25.5 Å². The SMILES string of the molecule is COC1CCN(CC(=O)Nc2ccc(N3CCN(Cc4ccccc4)CC3)cc2)CC1. The number of methoxy groups -OCH3 is 1. The van der Waals surface area contributed by atoms with Crippen LogP contribution >= 0.6 is 0 Å². The van der Waals surface area contributed by atoms with Crippen LogP contribution in [0.3, 0.4) is 0 Å². The number of piperidine rings is 1. The molecule has 0 aliphatic carbocycles. The molecule has 0 unspecified atom stereocenters. The summed E-state index contributed by atoms with van der Waals surface area (Å²) in [6.45, 7) is 7.47. The molecule has 4 rings (SSSR count). The number of carbonyl (C=O) groups excluding carboxylic acids is 1. The molecule has 0 spiro atoms. The van der Waals surface area contributed by atoms with Gasteiger partial charge in [0.2, 0.25) is 5.91 Å². The van der Waals surface area contributed by atoms with Gasteiger partial charge in [-0.3, -0.25) is 14.6 Å². The summed E-state index contributed by atoms with van der Waals surface area (Å²) in [6, 6.07) is 18.9. The van der Waals surface area contributed by atoms with Gasteiger partial charge in [-0.2, -0.15) is 0 Å². The minimum Gasteiger partial charge on any atom is -0.381 e. The summed E-state index contributed by atoms with van der Waals surface area (Å²) in [5, 5.41) is 3.04. The number of likely N-dealkylation sites (tertiary alicyclic amines) is 1. The zero-order valence-corrected chi connectivity index (χ0v) is 18.5. The molecule has 2 aromatic rings. The molecule has 2 aliphatic rings. The van der Waals surface area contributed by atoms with Crippen molar-refractivity contribution in [2.75, 3.05) is 63.1 Å². The van der Waals surface area contributed by atoms with Gasteiger partial charge in [0.25, 0.3) is 0 Å². The highest BCUT2D eigenvalue weighted by molar-refractivity contribution is 5.92. The minimum atomic E-state index is 0.0538. The third-order valence-corrected chi connectivity index (χ3v) is 6.37. The number of piperazine rings is 1. The lowest BCUT2D eigenvalue weighted by Gasteiger charge is -2.36. The first kappa shape index (κ1) is 21.8. The second-order valence-corrected chi connectivity index (χ2v) is 8.56. The number of anilines is 2. The average molecular weight is 423 g/mol. The molecular formula is C25H34N4O2. The van der Waals surface area contributed by atoms with Crippen LogP contribution in [0.2, 0.25) is 0 Å². The zero-order valence-electron chi connectivity index (χ0n) is 18.5. The topological polar surface area (TPSA) is 48.1 Å². The Morgan fingerprint density at radius 3 is 2.23 bits per heavy atom. The zero-order chi connectivity index (χ0) is 21.5. The maximum absolute atomic E-state index is 12.4. The number of rotatable bonds is 7. The monoisotopic (exact) mass is 422 g/mol. The van der Waals surface area contributed by atoms with Gasteiger partial charge in [-0.1, -0.05) is 30.3 Å². The van der Waals surface area contributed by atoms with Crippen LogP contribution < -0.4 is 10.2 Å². The predicted octanol–water partition coefficient (Wildman–Crippen LogP) is 3.06. The Hall–Kier alpha value is -2.41. The maximum atomic E-state index is 12.4. The Morgan fingerprint density at radius 2 is 1.58 bits per heavy atom. The average Bonchev–Trinajstić information content (AvgIpc) is 2.81. The maximum Gasteiger partial charge on any atom is 0.238 e. The summed E-state index contributed by atoms with van der Waals surface area (Å²) in [5.41, 5.74) is 3.46. The van der Waals surface area contributed by atoms with Gasteiger partial charge in [-0.25, -0.2) is 0 Å². The van der Waals surface area contributed by atoms with Crippen molar-refractivity contribution in [3.05, 3.63) is 60.2 Å². The lowest BCUT2D eigenvalue weighted by Crippen LogP contribution is -2.45. The van der Waals surface area contributed by atoms with Gasteiger partial charge in [0.05, 0.1) is 12.6 Å². The number of ether oxygens (including phenoxy) is 1. The van der Waals surface area contributed by atoms with Crippen molar-refractivity contribution >= 4 is 17.3 Å². The predicted molar refractivity (Wildman–Crippen MR) is 125 cm³/mol. The smallest absolute Gasteiger partial charge is 0.238 e. The molecule has 6 heteroatoms. The fourth-order valence-corrected chi connectivity index (χ4v) is 4.47. The molecule has 0 aromatic heterocycles. The van der Waals surface area contributed by atoms with Crippen LogP contribution in [0, 0.1) is 0 Å². The Balaban J connectivity index is 1.21.